The molecule has 5 nitrogen and oxygen atoms in total. The minimum atomic E-state index is -1.02. The molecule has 0 rings (SSSR count). The predicted molar refractivity (Wildman–Crippen MR) is 65.8 cm³/mol. The van der Waals surface area contributed by atoms with Crippen LogP contribution in [0, 0.1) is 5.41 Å². The first kappa shape index (κ1) is 15.1. The zero-order valence-electron chi connectivity index (χ0n) is 10.2. The van der Waals surface area contributed by atoms with Crippen LogP contribution in [0.3, 0.4) is 0 Å². The molecule has 0 aromatic heterocycles. The van der Waals surface area contributed by atoms with Gasteiger partial charge >= 0.3 is 12.0 Å². The molecule has 0 spiro atoms. The SMILES string of the molecule is CSCCNC(=O)N[C@@H](C(=O)O)C(C)(C)C. The molecule has 6 heteroatoms. The maximum atomic E-state index is 11.4. The van der Waals surface area contributed by atoms with Gasteiger partial charge in [-0.25, -0.2) is 9.59 Å². The Labute approximate surface area is 100 Å². The summed E-state index contributed by atoms with van der Waals surface area (Å²) < 4.78 is 0. The van der Waals surface area contributed by atoms with E-state index in [-0.39, 0.29) is 0 Å². The molecule has 1 atom stereocenters. The van der Waals surface area contributed by atoms with E-state index in [1.807, 2.05) is 6.26 Å². The van der Waals surface area contributed by atoms with E-state index < -0.39 is 23.5 Å². The van der Waals surface area contributed by atoms with Gasteiger partial charge in [-0.15, -0.1) is 0 Å². The van der Waals surface area contributed by atoms with Crippen LogP contribution in [0.4, 0.5) is 4.79 Å². The summed E-state index contributed by atoms with van der Waals surface area (Å²) in [7, 11) is 0. The summed E-state index contributed by atoms with van der Waals surface area (Å²) in [5, 5.41) is 14.0. The molecule has 0 radical (unpaired) electrons. The number of carbonyl (C=O) groups excluding carboxylic acids is 1. The van der Waals surface area contributed by atoms with Gasteiger partial charge in [0.05, 0.1) is 0 Å². The number of carbonyl (C=O) groups is 2. The van der Waals surface area contributed by atoms with Crippen LogP contribution in [-0.2, 0) is 4.79 Å². The molecular weight excluding hydrogens is 228 g/mol. The van der Waals surface area contributed by atoms with Crippen LogP contribution in [0.15, 0.2) is 0 Å². The summed E-state index contributed by atoms with van der Waals surface area (Å²) in [4.78, 5) is 22.3. The molecule has 0 bridgehead atoms. The van der Waals surface area contributed by atoms with E-state index in [4.69, 9.17) is 5.11 Å². The molecule has 0 aliphatic carbocycles. The summed E-state index contributed by atoms with van der Waals surface area (Å²) >= 11 is 1.62. The molecule has 0 saturated heterocycles. The van der Waals surface area contributed by atoms with Crippen molar-refractivity contribution in [3.63, 3.8) is 0 Å². The number of hydrogen-bond donors (Lipinski definition) is 3. The highest BCUT2D eigenvalue weighted by Crippen LogP contribution is 2.19. The lowest BCUT2D eigenvalue weighted by molar-refractivity contribution is -0.141. The van der Waals surface area contributed by atoms with Crippen molar-refractivity contribution in [2.45, 2.75) is 26.8 Å². The Morgan fingerprint density at radius 2 is 1.94 bits per heavy atom. The Bertz CT molecular complexity index is 251. The Balaban J connectivity index is 4.21. The average molecular weight is 248 g/mol. The lowest BCUT2D eigenvalue weighted by atomic mass is 9.87. The number of hydrogen-bond acceptors (Lipinski definition) is 3. The molecule has 0 heterocycles. The topological polar surface area (TPSA) is 78.4 Å². The van der Waals surface area contributed by atoms with Gasteiger partial charge in [0.2, 0.25) is 0 Å². The third-order valence-corrected chi connectivity index (χ3v) is 2.59. The smallest absolute Gasteiger partial charge is 0.326 e. The molecule has 0 saturated carbocycles. The van der Waals surface area contributed by atoms with Crippen molar-refractivity contribution in [2.24, 2.45) is 5.41 Å². The molecule has 0 aliphatic heterocycles. The largest absolute Gasteiger partial charge is 0.480 e. The molecule has 0 aliphatic rings. The average Bonchev–Trinajstić information content (AvgIpc) is 2.12. The van der Waals surface area contributed by atoms with Crippen LogP contribution in [0.2, 0.25) is 0 Å². The van der Waals surface area contributed by atoms with Crippen molar-refractivity contribution in [3.8, 4) is 0 Å². The van der Waals surface area contributed by atoms with E-state index in [2.05, 4.69) is 10.6 Å². The number of urea groups is 1. The molecule has 0 aromatic rings. The molecule has 16 heavy (non-hydrogen) atoms. The van der Waals surface area contributed by atoms with E-state index in [0.717, 1.165) is 5.75 Å². The number of thioether (sulfide) groups is 1. The third kappa shape index (κ3) is 5.85. The maximum Gasteiger partial charge on any atom is 0.326 e. The maximum absolute atomic E-state index is 11.4. The van der Waals surface area contributed by atoms with Gasteiger partial charge in [-0.05, 0) is 11.7 Å². The zero-order chi connectivity index (χ0) is 12.8. The Morgan fingerprint density at radius 1 is 1.38 bits per heavy atom. The number of nitrogens with one attached hydrogen (secondary N) is 2. The zero-order valence-corrected chi connectivity index (χ0v) is 11.0. The van der Waals surface area contributed by atoms with Crippen LogP contribution in [0.1, 0.15) is 20.8 Å². The molecule has 0 fully saturated rings. The Hall–Kier alpha value is -0.910. The van der Waals surface area contributed by atoms with E-state index in [9.17, 15) is 9.59 Å². The molecule has 0 aromatic carbocycles. The van der Waals surface area contributed by atoms with Gasteiger partial charge in [-0.2, -0.15) is 11.8 Å². The third-order valence-electron chi connectivity index (χ3n) is 1.98. The number of carboxylic acid groups (broad SMARTS) is 1. The van der Waals surface area contributed by atoms with E-state index in [1.165, 1.54) is 0 Å². The molecule has 2 amide bonds. The number of amides is 2. The second kappa shape index (κ2) is 6.62. The van der Waals surface area contributed by atoms with Crippen molar-refractivity contribution in [3.05, 3.63) is 0 Å². The van der Waals surface area contributed by atoms with Gasteiger partial charge in [0, 0.05) is 12.3 Å². The first-order chi connectivity index (χ1) is 7.29. The van der Waals surface area contributed by atoms with Gasteiger partial charge < -0.3 is 15.7 Å². The number of aliphatic carboxylic acids is 1. The van der Waals surface area contributed by atoms with Gasteiger partial charge in [0.15, 0.2) is 0 Å². The molecular formula is C10H20N2O3S. The van der Waals surface area contributed by atoms with Crippen molar-refractivity contribution >= 4 is 23.8 Å². The second-order valence-electron chi connectivity index (χ2n) is 4.53. The fourth-order valence-corrected chi connectivity index (χ4v) is 1.40. The van der Waals surface area contributed by atoms with Gasteiger partial charge in [0.1, 0.15) is 6.04 Å². The summed E-state index contributed by atoms with van der Waals surface area (Å²) in [5.41, 5.74) is -0.511. The van der Waals surface area contributed by atoms with E-state index in [0.29, 0.717) is 6.54 Å². The van der Waals surface area contributed by atoms with Crippen LogP contribution >= 0.6 is 11.8 Å². The molecule has 0 unspecified atom stereocenters. The highest BCUT2D eigenvalue weighted by Gasteiger charge is 2.32. The Kier molecular flexibility index (Phi) is 6.25. The fourth-order valence-electron chi connectivity index (χ4n) is 1.10. The summed E-state index contributed by atoms with van der Waals surface area (Å²) in [6, 6.07) is -1.32. The lowest BCUT2D eigenvalue weighted by Gasteiger charge is -2.27. The van der Waals surface area contributed by atoms with Crippen molar-refractivity contribution in [2.75, 3.05) is 18.6 Å². The van der Waals surface area contributed by atoms with Crippen LogP contribution in [-0.4, -0.2) is 41.7 Å². The van der Waals surface area contributed by atoms with Gasteiger partial charge in [0.25, 0.3) is 0 Å². The normalized spacial score (nSPS) is 13.0. The van der Waals surface area contributed by atoms with Crippen LogP contribution in [0.25, 0.3) is 0 Å². The monoisotopic (exact) mass is 248 g/mol. The number of carboxylic acids is 1. The molecule has 3 N–H and O–H groups in total. The Morgan fingerprint density at radius 3 is 2.31 bits per heavy atom. The highest BCUT2D eigenvalue weighted by atomic mass is 32.2. The fraction of sp³-hybridized carbons (Fsp3) is 0.800. The van der Waals surface area contributed by atoms with Crippen molar-refractivity contribution < 1.29 is 14.7 Å². The standard InChI is InChI=1S/C10H20N2O3S/c1-10(2,3)7(8(13)14)12-9(15)11-5-6-16-4/h7H,5-6H2,1-4H3,(H,13,14)(H2,11,12,15)/t7-/m0/s1. The van der Waals surface area contributed by atoms with Crippen molar-refractivity contribution in [1.29, 1.82) is 0 Å². The van der Waals surface area contributed by atoms with Gasteiger partial charge in [-0.3, -0.25) is 0 Å². The predicted octanol–water partition coefficient (Wildman–Crippen LogP) is 1.15. The minimum absolute atomic E-state index is 0.434. The quantitative estimate of drug-likeness (QED) is 0.638. The summed E-state index contributed by atoms with van der Waals surface area (Å²) in [6.07, 6.45) is 1.94. The van der Waals surface area contributed by atoms with Gasteiger partial charge in [-0.1, -0.05) is 20.8 Å². The first-order valence-corrected chi connectivity index (χ1v) is 6.44. The van der Waals surface area contributed by atoms with E-state index >= 15 is 0 Å². The number of rotatable bonds is 5. The van der Waals surface area contributed by atoms with Crippen LogP contribution in [0.5, 0.6) is 0 Å². The summed E-state index contributed by atoms with van der Waals surface area (Å²) in [5.74, 6) is -0.215. The first-order valence-electron chi connectivity index (χ1n) is 5.05. The highest BCUT2D eigenvalue weighted by molar-refractivity contribution is 7.98. The van der Waals surface area contributed by atoms with E-state index in [1.54, 1.807) is 32.5 Å². The minimum Gasteiger partial charge on any atom is -0.480 e. The van der Waals surface area contributed by atoms with Crippen LogP contribution < -0.4 is 10.6 Å². The summed E-state index contributed by atoms with van der Waals surface area (Å²) in [6.45, 7) is 5.85. The second-order valence-corrected chi connectivity index (χ2v) is 5.52. The van der Waals surface area contributed by atoms with Crippen molar-refractivity contribution in [1.82, 2.24) is 10.6 Å². The lowest BCUT2D eigenvalue weighted by Crippen LogP contribution is -2.52. The molecule has 94 valence electrons.